The number of rotatable bonds is 38. The zero-order valence-electron chi connectivity index (χ0n) is 50.3. The highest BCUT2D eigenvalue weighted by atomic mass is 16.2. The van der Waals surface area contributed by atoms with Gasteiger partial charge in [-0.3, -0.25) is 29.0 Å². The zero-order chi connectivity index (χ0) is 55.9. The lowest BCUT2D eigenvalue weighted by molar-refractivity contribution is -0.143. The van der Waals surface area contributed by atoms with Crippen molar-refractivity contribution in [2.75, 3.05) is 13.1 Å². The summed E-state index contributed by atoms with van der Waals surface area (Å²) in [7, 11) is 0. The third-order valence-corrected chi connectivity index (χ3v) is 22.1. The fraction of sp³-hybridized carbons (Fsp3) is 0.676. The van der Waals surface area contributed by atoms with E-state index in [2.05, 4.69) is 99.8 Å². The SMILES string of the molecule is C=Cc1ccc(CCC23C=CC(C2)C2C(=O)N(CCCCCCCCC4CC(CCCCCC)C(CCCCCCCC)C(CCCCCCCCN5C(=O)C6C7C=CC(CCc8ccc(C=C)cc8)(C7)C6C5=O)C4)C(=O)C23)cc1. The van der Waals surface area contributed by atoms with Crippen LogP contribution in [0.15, 0.2) is 86.0 Å². The zero-order valence-corrected chi connectivity index (χ0v) is 50.3. The highest BCUT2D eigenvalue weighted by Crippen LogP contribution is 2.63. The van der Waals surface area contributed by atoms with E-state index in [0.29, 0.717) is 13.1 Å². The van der Waals surface area contributed by atoms with Crippen LogP contribution in [0.4, 0.5) is 0 Å². The molecule has 3 saturated carbocycles. The number of hydrogen-bond acceptors (Lipinski definition) is 4. The lowest BCUT2D eigenvalue weighted by Crippen LogP contribution is -2.36. The molecule has 9 rings (SSSR count). The van der Waals surface area contributed by atoms with Gasteiger partial charge in [0, 0.05) is 23.9 Å². The maximum Gasteiger partial charge on any atom is 0.233 e. The number of nitrogens with zero attached hydrogens (tertiary/aromatic N) is 2. The number of aryl methyl sites for hydroxylation is 2. The molecule has 80 heavy (non-hydrogen) atoms. The Bertz CT molecular complexity index is 2420. The van der Waals surface area contributed by atoms with E-state index in [1.165, 1.54) is 165 Å². The molecule has 6 heteroatoms. The van der Waals surface area contributed by atoms with Crippen LogP contribution < -0.4 is 0 Å². The second-order valence-electron chi connectivity index (χ2n) is 27.2. The summed E-state index contributed by atoms with van der Waals surface area (Å²) >= 11 is 0. The minimum absolute atomic E-state index is 0.108. The van der Waals surface area contributed by atoms with Crippen LogP contribution in [0.25, 0.3) is 12.2 Å². The first-order valence-corrected chi connectivity index (χ1v) is 33.6. The summed E-state index contributed by atoms with van der Waals surface area (Å²) < 4.78 is 0. The summed E-state index contributed by atoms with van der Waals surface area (Å²) in [6.07, 6.45) is 55.1. The average molecular weight is 1090 g/mol. The molecule has 0 radical (unpaired) electrons. The van der Waals surface area contributed by atoms with Gasteiger partial charge in [0.05, 0.1) is 23.7 Å². The Morgan fingerprint density at radius 2 is 0.838 bits per heavy atom. The van der Waals surface area contributed by atoms with Gasteiger partial charge in [-0.15, -0.1) is 0 Å². The topological polar surface area (TPSA) is 74.8 Å². The molecule has 2 heterocycles. The number of imide groups is 2. The van der Waals surface area contributed by atoms with Crippen molar-refractivity contribution in [2.24, 2.45) is 70.0 Å². The van der Waals surface area contributed by atoms with Gasteiger partial charge in [0.2, 0.25) is 23.6 Å². The van der Waals surface area contributed by atoms with E-state index in [9.17, 15) is 19.2 Å². The largest absolute Gasteiger partial charge is 0.282 e. The molecule has 4 amide bonds. The van der Waals surface area contributed by atoms with Crippen LogP contribution in [0.5, 0.6) is 0 Å². The predicted molar refractivity (Wildman–Crippen MR) is 331 cm³/mol. The molecule has 2 aromatic rings. The maximum absolute atomic E-state index is 14.0. The molecular weight excluding hydrogens is 981 g/mol. The first kappa shape index (κ1) is 60.3. The van der Waals surface area contributed by atoms with Crippen molar-refractivity contribution >= 4 is 35.8 Å². The Labute approximate surface area is 485 Å². The molecule has 12 atom stereocenters. The molecule has 5 aliphatic carbocycles. The minimum Gasteiger partial charge on any atom is -0.282 e. The van der Waals surface area contributed by atoms with Gasteiger partial charge in [0.15, 0.2) is 0 Å². The Hall–Kier alpha value is -4.32. The number of unbranched alkanes of at least 4 members (excludes halogenated alkanes) is 18. The van der Waals surface area contributed by atoms with E-state index >= 15 is 0 Å². The van der Waals surface area contributed by atoms with Gasteiger partial charge in [-0.05, 0) is 128 Å². The summed E-state index contributed by atoms with van der Waals surface area (Å²) in [5, 5.41) is 0. The number of carbonyl (C=O) groups excluding carboxylic acids is 4. The summed E-state index contributed by atoms with van der Waals surface area (Å²) in [4.78, 5) is 59.0. The Morgan fingerprint density at radius 1 is 0.463 bits per heavy atom. The minimum atomic E-state index is -0.177. The highest BCUT2D eigenvalue weighted by Gasteiger charge is 2.66. The molecule has 0 N–H and O–H groups in total. The molecule has 0 aromatic heterocycles. The Kier molecular flexibility index (Phi) is 22.1. The van der Waals surface area contributed by atoms with Crippen molar-refractivity contribution in [3.05, 3.63) is 108 Å². The number of benzene rings is 2. The van der Waals surface area contributed by atoms with Crippen molar-refractivity contribution < 1.29 is 19.2 Å². The quantitative estimate of drug-likeness (QED) is 0.0381. The standard InChI is InChI=1S/C74H106N2O4/c1-5-9-11-13-20-26-32-64-60(30-24-12-10-6-2)51-59(29-23-18-14-16-21-27-49-75-69(77)65-62-43-47-73(53-62,67(65)71(75)79)45-41-57-37-33-55(7-3)34-38-57)52-61(64)31-25-19-15-17-22-28-50-76-70(78)66-63-44-48-74(54-63,68(66)72(76)80)46-42-58-39-35-56(8-4)36-40-58/h7-8,33-40,43-44,47-48,59-68H,3-6,9-32,41-42,45-46,49-54H2,1-2H3. The van der Waals surface area contributed by atoms with Crippen molar-refractivity contribution in [1.82, 2.24) is 9.80 Å². The van der Waals surface area contributed by atoms with Crippen LogP contribution in [-0.4, -0.2) is 46.5 Å². The predicted octanol–water partition coefficient (Wildman–Crippen LogP) is 18.3. The monoisotopic (exact) mass is 1090 g/mol. The molecule has 0 spiro atoms. The van der Waals surface area contributed by atoms with Crippen LogP contribution in [0, 0.1) is 70.0 Å². The number of allylic oxidation sites excluding steroid dienone is 4. The van der Waals surface area contributed by atoms with Crippen molar-refractivity contribution in [1.29, 1.82) is 0 Å². The fourth-order valence-electron chi connectivity index (χ4n) is 17.7. The Morgan fingerprint density at radius 3 is 1.26 bits per heavy atom. The summed E-state index contributed by atoms with van der Waals surface area (Å²) in [5.74, 6) is 3.75. The van der Waals surface area contributed by atoms with Crippen LogP contribution in [-0.2, 0) is 32.0 Å². The fourth-order valence-corrected chi connectivity index (χ4v) is 17.7. The lowest BCUT2D eigenvalue weighted by atomic mass is 9.62. The summed E-state index contributed by atoms with van der Waals surface area (Å²) in [6.45, 7) is 13.6. The third-order valence-electron chi connectivity index (χ3n) is 22.1. The van der Waals surface area contributed by atoms with Crippen molar-refractivity contribution in [2.45, 2.75) is 232 Å². The molecule has 2 saturated heterocycles. The number of likely N-dealkylation sites (tertiary alicyclic amines) is 2. The Balaban J connectivity index is 0.693. The highest BCUT2D eigenvalue weighted by molar-refractivity contribution is 6.07. The first-order valence-electron chi connectivity index (χ1n) is 33.6. The van der Waals surface area contributed by atoms with Gasteiger partial charge in [-0.25, -0.2) is 0 Å². The first-order chi connectivity index (χ1) is 39.1. The molecule has 2 aromatic carbocycles. The van der Waals surface area contributed by atoms with E-state index in [4.69, 9.17) is 0 Å². The number of amides is 4. The smallest absolute Gasteiger partial charge is 0.233 e. The normalized spacial score (nSPS) is 29.9. The van der Waals surface area contributed by atoms with Crippen molar-refractivity contribution in [3.63, 3.8) is 0 Å². The molecule has 12 unspecified atom stereocenters. The number of hydrogen-bond donors (Lipinski definition) is 0. The molecule has 4 bridgehead atoms. The van der Waals surface area contributed by atoms with Gasteiger partial charge in [-0.1, -0.05) is 260 Å². The van der Waals surface area contributed by atoms with Crippen LogP contribution >= 0.6 is 0 Å². The summed E-state index contributed by atoms with van der Waals surface area (Å²) in [5.41, 5.74) is 4.47. The molecule has 7 aliphatic rings. The van der Waals surface area contributed by atoms with Gasteiger partial charge in [0.1, 0.15) is 0 Å². The molecule has 6 nitrogen and oxygen atoms in total. The van der Waals surface area contributed by atoms with Crippen LogP contribution in [0.3, 0.4) is 0 Å². The van der Waals surface area contributed by atoms with E-state index in [0.717, 1.165) is 99.0 Å². The third kappa shape index (κ3) is 14.2. The second-order valence-corrected chi connectivity index (χ2v) is 27.2. The molecule has 436 valence electrons. The lowest BCUT2D eigenvalue weighted by Gasteiger charge is -2.43. The van der Waals surface area contributed by atoms with Gasteiger partial charge < -0.3 is 0 Å². The molecule has 5 fully saturated rings. The maximum atomic E-state index is 14.0. The van der Waals surface area contributed by atoms with E-state index in [-0.39, 0.29) is 70.0 Å². The van der Waals surface area contributed by atoms with E-state index in [1.54, 1.807) is 9.80 Å². The van der Waals surface area contributed by atoms with Gasteiger partial charge in [-0.2, -0.15) is 0 Å². The second kappa shape index (κ2) is 29.3. The summed E-state index contributed by atoms with van der Waals surface area (Å²) in [6, 6.07) is 17.2. The molecule has 2 aliphatic heterocycles. The van der Waals surface area contributed by atoms with Crippen LogP contribution in [0.1, 0.15) is 242 Å². The van der Waals surface area contributed by atoms with E-state index < -0.39 is 0 Å². The number of carbonyl (C=O) groups is 4. The number of fused-ring (bicyclic) bond motifs is 10. The molecular formula is C74H106N2O4. The average Bonchev–Trinajstić information content (AvgIpc) is 4.35. The van der Waals surface area contributed by atoms with Crippen LogP contribution in [0.2, 0.25) is 0 Å². The van der Waals surface area contributed by atoms with Gasteiger partial charge >= 0.3 is 0 Å². The van der Waals surface area contributed by atoms with Gasteiger partial charge in [0.25, 0.3) is 0 Å². The van der Waals surface area contributed by atoms with Crippen molar-refractivity contribution in [3.8, 4) is 0 Å². The van der Waals surface area contributed by atoms with E-state index in [1.807, 2.05) is 12.2 Å².